The highest BCUT2D eigenvalue weighted by Gasteiger charge is 2.25. The van der Waals surface area contributed by atoms with Crippen LogP contribution in [0.2, 0.25) is 0 Å². The van der Waals surface area contributed by atoms with Gasteiger partial charge in [-0.3, -0.25) is 0 Å². The number of hydrogen-bond donors (Lipinski definition) is 5. The predicted molar refractivity (Wildman–Crippen MR) is 105 cm³/mol. The molecule has 3 rings (SSSR count). The van der Waals surface area contributed by atoms with Crippen LogP contribution in [0.25, 0.3) is 11.0 Å². The molecule has 1 aliphatic rings. The van der Waals surface area contributed by atoms with E-state index < -0.39 is 0 Å². The lowest BCUT2D eigenvalue weighted by Crippen LogP contribution is -2.36. The molecule has 0 aliphatic heterocycles. The van der Waals surface area contributed by atoms with Crippen LogP contribution in [-0.2, 0) is 0 Å². The van der Waals surface area contributed by atoms with Crippen molar-refractivity contribution in [2.75, 3.05) is 41.9 Å². The van der Waals surface area contributed by atoms with E-state index in [-0.39, 0.29) is 12.1 Å². The summed E-state index contributed by atoms with van der Waals surface area (Å²) in [6.45, 7) is 2.89. The lowest BCUT2D eigenvalue weighted by atomic mass is 9.92. The normalized spacial score (nSPS) is 20.0. The van der Waals surface area contributed by atoms with Gasteiger partial charge < -0.3 is 26.4 Å². The first-order valence-corrected chi connectivity index (χ1v) is 9.30. The first kappa shape index (κ1) is 18.4. The maximum atomic E-state index is 10.3. The van der Waals surface area contributed by atoms with E-state index in [9.17, 15) is 5.11 Å². The number of fused-ring (bicyclic) bond motifs is 1. The average molecular weight is 360 g/mol. The molecule has 2 heterocycles. The van der Waals surface area contributed by atoms with Gasteiger partial charge in [-0.05, 0) is 19.3 Å². The van der Waals surface area contributed by atoms with Crippen LogP contribution < -0.4 is 21.3 Å². The second-order valence-electron chi connectivity index (χ2n) is 6.52. The molecule has 5 N–H and O–H groups in total. The van der Waals surface area contributed by atoms with Crippen LogP contribution in [0.4, 0.5) is 23.5 Å². The molecule has 0 saturated heterocycles. The highest BCUT2D eigenvalue weighted by molar-refractivity contribution is 5.94. The van der Waals surface area contributed by atoms with Crippen LogP contribution in [0.15, 0.2) is 0 Å². The van der Waals surface area contributed by atoms with Gasteiger partial charge in [-0.25, -0.2) is 9.97 Å². The third kappa shape index (κ3) is 3.87. The molecule has 2 aromatic heterocycles. The average Bonchev–Trinajstić information content (AvgIpc) is 2.67. The quantitative estimate of drug-likeness (QED) is 0.505. The minimum absolute atomic E-state index is 0.0355. The lowest BCUT2D eigenvalue weighted by Gasteiger charge is -2.29. The van der Waals surface area contributed by atoms with E-state index in [2.05, 4.69) is 48.1 Å². The molecule has 26 heavy (non-hydrogen) atoms. The van der Waals surface area contributed by atoms with Gasteiger partial charge in [-0.1, -0.05) is 19.8 Å². The summed E-state index contributed by atoms with van der Waals surface area (Å²) in [6.07, 6.45) is 4.46. The van der Waals surface area contributed by atoms with Gasteiger partial charge >= 0.3 is 0 Å². The van der Waals surface area contributed by atoms with Crippen molar-refractivity contribution in [1.82, 2.24) is 19.9 Å². The lowest BCUT2D eigenvalue weighted by molar-refractivity contribution is 0.116. The molecule has 1 fully saturated rings. The molecule has 0 amide bonds. The molecule has 9 heteroatoms. The van der Waals surface area contributed by atoms with Crippen LogP contribution in [0.1, 0.15) is 39.0 Å². The van der Waals surface area contributed by atoms with Gasteiger partial charge in [-0.15, -0.1) is 0 Å². The number of nitrogens with one attached hydrogen (secondary N) is 4. The molecular weight excluding hydrogens is 332 g/mol. The van der Waals surface area contributed by atoms with Crippen molar-refractivity contribution in [1.29, 1.82) is 0 Å². The van der Waals surface area contributed by atoms with Crippen molar-refractivity contribution < 1.29 is 5.11 Å². The number of hydrogen-bond acceptors (Lipinski definition) is 9. The monoisotopic (exact) mass is 360 g/mol. The minimum atomic E-state index is -0.380. The second kappa shape index (κ2) is 8.31. The fraction of sp³-hybridized carbons (Fsp3) is 0.647. The van der Waals surface area contributed by atoms with Crippen molar-refractivity contribution in [3.05, 3.63) is 0 Å². The summed E-state index contributed by atoms with van der Waals surface area (Å²) in [7, 11) is 3.56. The molecule has 0 radical (unpaired) electrons. The maximum Gasteiger partial charge on any atom is 0.225 e. The Bertz CT molecular complexity index is 753. The Morgan fingerprint density at radius 3 is 2.15 bits per heavy atom. The topological polar surface area (TPSA) is 120 Å². The Labute approximate surface area is 153 Å². The number of aliphatic hydroxyl groups is 1. The van der Waals surface area contributed by atoms with Crippen LogP contribution in [-0.4, -0.2) is 57.8 Å². The van der Waals surface area contributed by atoms with Crippen LogP contribution >= 0.6 is 0 Å². The maximum absolute atomic E-state index is 10.3. The summed E-state index contributed by atoms with van der Waals surface area (Å²) >= 11 is 0. The highest BCUT2D eigenvalue weighted by atomic mass is 16.3. The predicted octanol–water partition coefficient (Wildman–Crippen LogP) is 2.04. The zero-order valence-electron chi connectivity index (χ0n) is 15.6. The minimum Gasteiger partial charge on any atom is -0.391 e. The summed E-state index contributed by atoms with van der Waals surface area (Å²) in [5.74, 6) is 2.28. The van der Waals surface area contributed by atoms with Gasteiger partial charge in [-0.2, -0.15) is 9.97 Å². The summed E-state index contributed by atoms with van der Waals surface area (Å²) in [5.41, 5.74) is 1.30. The van der Waals surface area contributed by atoms with E-state index in [4.69, 9.17) is 0 Å². The molecule has 2 aromatic rings. The molecule has 1 unspecified atom stereocenters. The van der Waals surface area contributed by atoms with Gasteiger partial charge in [0.05, 0.1) is 12.1 Å². The fourth-order valence-corrected chi connectivity index (χ4v) is 3.16. The molecule has 0 bridgehead atoms. The Kier molecular flexibility index (Phi) is 5.87. The zero-order valence-corrected chi connectivity index (χ0v) is 15.6. The summed E-state index contributed by atoms with van der Waals surface area (Å²) in [6, 6.07) is -0.0355. The van der Waals surface area contributed by atoms with Crippen molar-refractivity contribution in [3.8, 4) is 0 Å². The van der Waals surface area contributed by atoms with Crippen molar-refractivity contribution in [2.24, 2.45) is 0 Å². The fourth-order valence-electron chi connectivity index (χ4n) is 3.16. The molecule has 2 atom stereocenters. The third-order valence-electron chi connectivity index (χ3n) is 4.58. The van der Waals surface area contributed by atoms with Crippen molar-refractivity contribution in [2.45, 2.75) is 51.2 Å². The smallest absolute Gasteiger partial charge is 0.225 e. The van der Waals surface area contributed by atoms with Gasteiger partial charge in [0, 0.05) is 20.6 Å². The Morgan fingerprint density at radius 1 is 0.923 bits per heavy atom. The molecule has 1 saturated carbocycles. The SMILES string of the molecule is CCCNc1nc(NC)nc2c(NC3CCCC[C@H]3O)nc(NC)nc12. The highest BCUT2D eigenvalue weighted by Crippen LogP contribution is 2.29. The molecule has 1 aliphatic carbocycles. The third-order valence-corrected chi connectivity index (χ3v) is 4.58. The van der Waals surface area contributed by atoms with Crippen LogP contribution in [0, 0.1) is 0 Å². The van der Waals surface area contributed by atoms with Gasteiger partial charge in [0.1, 0.15) is 11.0 Å². The first-order chi connectivity index (χ1) is 12.7. The number of rotatable bonds is 7. The van der Waals surface area contributed by atoms with Gasteiger partial charge in [0.15, 0.2) is 11.6 Å². The number of aromatic nitrogens is 4. The first-order valence-electron chi connectivity index (χ1n) is 9.30. The standard InChI is InChI=1S/C17H28N8O/c1-4-9-20-14-12-13(23-16(18-2)24-14)15(25-17(19-3)22-12)21-10-7-5-6-8-11(10)26/h10-11,26H,4-9H2,1-3H3,(H2,18,20,23,24)(H2,19,21,22,25)/t10?,11-/m1/s1. The second-order valence-corrected chi connectivity index (χ2v) is 6.52. The van der Waals surface area contributed by atoms with E-state index in [1.165, 1.54) is 0 Å². The molecule has 0 aromatic carbocycles. The van der Waals surface area contributed by atoms with Gasteiger partial charge in [0.2, 0.25) is 11.9 Å². The Balaban J connectivity index is 2.07. The number of nitrogens with zero attached hydrogens (tertiary/aromatic N) is 4. The number of aliphatic hydroxyl groups excluding tert-OH is 1. The summed E-state index contributed by atoms with van der Waals surface area (Å²) < 4.78 is 0. The molecule has 0 spiro atoms. The van der Waals surface area contributed by atoms with E-state index in [1.54, 1.807) is 14.1 Å². The zero-order chi connectivity index (χ0) is 18.5. The van der Waals surface area contributed by atoms with E-state index in [0.29, 0.717) is 34.6 Å². The largest absolute Gasteiger partial charge is 0.391 e. The van der Waals surface area contributed by atoms with Crippen LogP contribution in [0.3, 0.4) is 0 Å². The van der Waals surface area contributed by atoms with E-state index in [0.717, 1.165) is 38.6 Å². The molecule has 142 valence electrons. The molecular formula is C17H28N8O. The summed E-state index contributed by atoms with van der Waals surface area (Å²) in [4.78, 5) is 18.2. The van der Waals surface area contributed by atoms with E-state index >= 15 is 0 Å². The number of anilines is 4. The van der Waals surface area contributed by atoms with Gasteiger partial charge in [0.25, 0.3) is 0 Å². The summed E-state index contributed by atoms with van der Waals surface area (Å²) in [5, 5.41) is 23.0. The van der Waals surface area contributed by atoms with Crippen LogP contribution in [0.5, 0.6) is 0 Å². The van der Waals surface area contributed by atoms with Crippen molar-refractivity contribution in [3.63, 3.8) is 0 Å². The Hall–Kier alpha value is -2.42. The Morgan fingerprint density at radius 2 is 1.54 bits per heavy atom. The van der Waals surface area contributed by atoms with Crippen molar-refractivity contribution >= 4 is 34.6 Å². The van der Waals surface area contributed by atoms with E-state index in [1.807, 2.05) is 0 Å². The molecule has 9 nitrogen and oxygen atoms in total.